The molecule has 0 saturated carbocycles. The maximum atomic E-state index is 12.2. The molecule has 1 aromatic carbocycles. The number of benzene rings is 1. The van der Waals surface area contributed by atoms with Gasteiger partial charge in [-0.05, 0) is 38.1 Å². The number of nitrogens with zero attached hydrogens (tertiary/aromatic N) is 1. The van der Waals surface area contributed by atoms with Gasteiger partial charge in [-0.15, -0.1) is 0 Å². The molecule has 0 saturated heterocycles. The third-order valence-corrected chi connectivity index (χ3v) is 3.86. The van der Waals surface area contributed by atoms with Gasteiger partial charge in [0, 0.05) is 26.1 Å². The van der Waals surface area contributed by atoms with Crippen molar-refractivity contribution in [3.8, 4) is 0 Å². The molecule has 0 aliphatic heterocycles. The van der Waals surface area contributed by atoms with Gasteiger partial charge in [-0.3, -0.25) is 0 Å². The zero-order valence-corrected chi connectivity index (χ0v) is 14.3. The molecule has 1 aromatic heterocycles. The van der Waals surface area contributed by atoms with Crippen molar-refractivity contribution in [1.82, 2.24) is 5.32 Å². The minimum absolute atomic E-state index is 0.207. The van der Waals surface area contributed by atoms with E-state index in [0.717, 1.165) is 17.9 Å². The topological polar surface area (TPSA) is 77.7 Å². The average molecular weight is 331 g/mol. The lowest BCUT2D eigenvalue weighted by atomic mass is 10.1. The standard InChI is InChI=1S/C18H25N3O3/c1-4-21(3)15-9-6-5-8-14(15)20-18(23)19-13(2)12-16(22)17-10-7-11-24-17/h5-11,13,16,22H,4,12H2,1-3H3,(H2,19,20,23)/t13-,16-/m1/s1. The SMILES string of the molecule is CCN(C)c1ccccc1NC(=O)N[C@H](C)C[C@@H](O)c1ccco1. The van der Waals surface area contributed by atoms with Crippen LogP contribution in [-0.2, 0) is 0 Å². The van der Waals surface area contributed by atoms with Gasteiger partial charge in [0.25, 0.3) is 0 Å². The van der Waals surface area contributed by atoms with Crippen LogP contribution in [0.25, 0.3) is 0 Å². The molecule has 6 heteroatoms. The minimum Gasteiger partial charge on any atom is -0.467 e. The molecule has 2 amide bonds. The van der Waals surface area contributed by atoms with Crippen molar-refractivity contribution in [3.63, 3.8) is 0 Å². The van der Waals surface area contributed by atoms with Crippen LogP contribution in [0, 0.1) is 0 Å². The molecule has 0 aliphatic rings. The van der Waals surface area contributed by atoms with E-state index in [4.69, 9.17) is 4.42 Å². The number of rotatable bonds is 7. The second-order valence-corrected chi connectivity index (χ2v) is 5.80. The second kappa shape index (κ2) is 8.40. The lowest BCUT2D eigenvalue weighted by Gasteiger charge is -2.22. The first-order chi connectivity index (χ1) is 11.5. The fourth-order valence-electron chi connectivity index (χ4n) is 2.46. The van der Waals surface area contributed by atoms with Crippen molar-refractivity contribution in [1.29, 1.82) is 0 Å². The molecule has 130 valence electrons. The van der Waals surface area contributed by atoms with E-state index in [-0.39, 0.29) is 12.1 Å². The Kier molecular flexibility index (Phi) is 6.26. The summed E-state index contributed by atoms with van der Waals surface area (Å²) in [6.45, 7) is 4.73. The number of amides is 2. The number of aliphatic hydroxyl groups excluding tert-OH is 1. The highest BCUT2D eigenvalue weighted by molar-refractivity contribution is 5.93. The van der Waals surface area contributed by atoms with E-state index < -0.39 is 6.10 Å². The Balaban J connectivity index is 1.91. The van der Waals surface area contributed by atoms with Gasteiger partial charge < -0.3 is 25.1 Å². The Morgan fingerprint density at radius 1 is 1.29 bits per heavy atom. The van der Waals surface area contributed by atoms with Crippen LogP contribution in [0.3, 0.4) is 0 Å². The summed E-state index contributed by atoms with van der Waals surface area (Å²) >= 11 is 0. The third-order valence-electron chi connectivity index (χ3n) is 3.86. The number of hydrogen-bond donors (Lipinski definition) is 3. The molecule has 0 aliphatic carbocycles. The molecule has 3 N–H and O–H groups in total. The first-order valence-electron chi connectivity index (χ1n) is 8.10. The summed E-state index contributed by atoms with van der Waals surface area (Å²) in [5.74, 6) is 0.499. The molecule has 0 bridgehead atoms. The number of carbonyl (C=O) groups excluding carboxylic acids is 1. The molecular formula is C18H25N3O3. The Hall–Kier alpha value is -2.47. The fourth-order valence-corrected chi connectivity index (χ4v) is 2.46. The van der Waals surface area contributed by atoms with E-state index >= 15 is 0 Å². The molecule has 0 spiro atoms. The van der Waals surface area contributed by atoms with Gasteiger partial charge in [-0.1, -0.05) is 12.1 Å². The Bertz CT molecular complexity index is 643. The predicted octanol–water partition coefficient (Wildman–Crippen LogP) is 3.37. The van der Waals surface area contributed by atoms with Crippen LogP contribution in [-0.4, -0.2) is 30.8 Å². The van der Waals surface area contributed by atoms with Gasteiger partial charge in [0.15, 0.2) is 0 Å². The predicted molar refractivity (Wildman–Crippen MR) is 95.3 cm³/mol. The van der Waals surface area contributed by atoms with E-state index in [2.05, 4.69) is 22.5 Å². The highest BCUT2D eigenvalue weighted by atomic mass is 16.4. The summed E-state index contributed by atoms with van der Waals surface area (Å²) in [7, 11) is 1.97. The largest absolute Gasteiger partial charge is 0.467 e. The van der Waals surface area contributed by atoms with Crippen LogP contribution in [0.15, 0.2) is 47.1 Å². The van der Waals surface area contributed by atoms with Crippen LogP contribution in [0.4, 0.5) is 16.2 Å². The molecular weight excluding hydrogens is 306 g/mol. The van der Waals surface area contributed by atoms with Gasteiger partial charge in [0.05, 0.1) is 17.6 Å². The molecule has 0 fully saturated rings. The second-order valence-electron chi connectivity index (χ2n) is 5.80. The van der Waals surface area contributed by atoms with Crippen molar-refractivity contribution in [2.75, 3.05) is 23.8 Å². The number of urea groups is 1. The third kappa shape index (κ3) is 4.76. The Morgan fingerprint density at radius 3 is 2.71 bits per heavy atom. The quantitative estimate of drug-likeness (QED) is 0.727. The van der Waals surface area contributed by atoms with Crippen molar-refractivity contribution >= 4 is 17.4 Å². The van der Waals surface area contributed by atoms with Crippen molar-refractivity contribution in [3.05, 3.63) is 48.4 Å². The maximum absolute atomic E-state index is 12.2. The summed E-state index contributed by atoms with van der Waals surface area (Å²) in [5.41, 5.74) is 1.71. The normalized spacial score (nSPS) is 13.2. The zero-order chi connectivity index (χ0) is 17.5. The number of aliphatic hydroxyl groups is 1. The molecule has 2 aromatic rings. The van der Waals surface area contributed by atoms with Crippen molar-refractivity contribution in [2.24, 2.45) is 0 Å². The van der Waals surface area contributed by atoms with Gasteiger partial charge in [-0.2, -0.15) is 0 Å². The smallest absolute Gasteiger partial charge is 0.319 e. The summed E-state index contributed by atoms with van der Waals surface area (Å²) in [5, 5.41) is 15.8. The van der Waals surface area contributed by atoms with Crippen LogP contribution in [0.1, 0.15) is 32.1 Å². The van der Waals surface area contributed by atoms with Crippen molar-refractivity contribution in [2.45, 2.75) is 32.4 Å². The molecule has 2 rings (SSSR count). The van der Waals surface area contributed by atoms with Gasteiger partial charge >= 0.3 is 6.03 Å². The van der Waals surface area contributed by atoms with E-state index in [9.17, 15) is 9.90 Å². The molecule has 0 radical (unpaired) electrons. The van der Waals surface area contributed by atoms with Gasteiger partial charge in [0.2, 0.25) is 0 Å². The Morgan fingerprint density at radius 2 is 2.04 bits per heavy atom. The Labute approximate surface area is 142 Å². The van der Waals surface area contributed by atoms with Crippen LogP contribution in [0.2, 0.25) is 0 Å². The zero-order valence-electron chi connectivity index (χ0n) is 14.3. The summed E-state index contributed by atoms with van der Waals surface area (Å²) < 4.78 is 5.17. The highest BCUT2D eigenvalue weighted by Gasteiger charge is 2.17. The van der Waals surface area contributed by atoms with E-state index in [0.29, 0.717) is 12.2 Å². The molecule has 2 atom stereocenters. The number of furan rings is 1. The molecule has 24 heavy (non-hydrogen) atoms. The first-order valence-corrected chi connectivity index (χ1v) is 8.10. The minimum atomic E-state index is -0.742. The number of para-hydroxylation sites is 2. The molecule has 1 heterocycles. The number of carbonyl (C=O) groups is 1. The summed E-state index contributed by atoms with van der Waals surface area (Å²) in [6, 6.07) is 10.6. The molecule has 6 nitrogen and oxygen atoms in total. The van der Waals surface area contributed by atoms with Crippen molar-refractivity contribution < 1.29 is 14.3 Å². The summed E-state index contributed by atoms with van der Waals surface area (Å²) in [4.78, 5) is 14.3. The van der Waals surface area contributed by atoms with Crippen LogP contribution >= 0.6 is 0 Å². The maximum Gasteiger partial charge on any atom is 0.319 e. The van der Waals surface area contributed by atoms with E-state index in [1.54, 1.807) is 12.1 Å². The van der Waals surface area contributed by atoms with Gasteiger partial charge in [-0.25, -0.2) is 4.79 Å². The summed E-state index contributed by atoms with van der Waals surface area (Å²) in [6.07, 6.45) is 1.15. The fraction of sp³-hybridized carbons (Fsp3) is 0.389. The highest BCUT2D eigenvalue weighted by Crippen LogP contribution is 2.24. The lowest BCUT2D eigenvalue weighted by molar-refractivity contribution is 0.130. The first kappa shape index (κ1) is 17.9. The van der Waals surface area contributed by atoms with E-state index in [1.165, 1.54) is 6.26 Å². The van der Waals surface area contributed by atoms with Crippen LogP contribution < -0.4 is 15.5 Å². The lowest BCUT2D eigenvalue weighted by Crippen LogP contribution is -2.37. The molecule has 0 unspecified atom stereocenters. The average Bonchev–Trinajstić information content (AvgIpc) is 3.09. The number of nitrogens with one attached hydrogen (secondary N) is 2. The monoisotopic (exact) mass is 331 g/mol. The van der Waals surface area contributed by atoms with Gasteiger partial charge in [0.1, 0.15) is 11.9 Å². The number of hydrogen-bond acceptors (Lipinski definition) is 4. The van der Waals surface area contributed by atoms with E-state index in [1.807, 2.05) is 38.2 Å². The number of anilines is 2. The van der Waals surface area contributed by atoms with Crippen LogP contribution in [0.5, 0.6) is 0 Å².